The zero-order valence-corrected chi connectivity index (χ0v) is 12.2. The molecule has 3 heteroatoms. The second-order valence-corrected chi connectivity index (χ2v) is 7.15. The Hall–Kier alpha value is -0.120. The molecule has 2 N–H and O–H groups in total. The van der Waals surface area contributed by atoms with Crippen LogP contribution in [0.2, 0.25) is 0 Å². The zero-order valence-electron chi connectivity index (χ0n) is 12.2. The van der Waals surface area contributed by atoms with Gasteiger partial charge in [-0.1, -0.05) is 19.3 Å². The Bertz CT molecular complexity index is 288. The van der Waals surface area contributed by atoms with Gasteiger partial charge in [-0.3, -0.25) is 0 Å². The minimum absolute atomic E-state index is 0.199. The molecule has 1 saturated carbocycles. The first kappa shape index (κ1) is 13.8. The number of hydrogen-bond donors (Lipinski definition) is 2. The molecule has 2 aliphatic heterocycles. The maximum absolute atomic E-state index is 9.77. The number of piperidine rings is 1. The molecular weight excluding hydrogens is 236 g/mol. The second-order valence-electron chi connectivity index (χ2n) is 7.15. The summed E-state index contributed by atoms with van der Waals surface area (Å²) in [6.45, 7) is 4.04. The number of nitrogens with one attached hydrogen (secondary N) is 1. The molecule has 19 heavy (non-hydrogen) atoms. The maximum Gasteiger partial charge on any atom is 0.0499 e. The molecule has 0 aromatic heterocycles. The van der Waals surface area contributed by atoms with E-state index in [-0.39, 0.29) is 5.41 Å². The topological polar surface area (TPSA) is 35.5 Å². The van der Waals surface area contributed by atoms with Gasteiger partial charge in [0, 0.05) is 30.7 Å². The fraction of sp³-hybridized carbons (Fsp3) is 1.00. The maximum atomic E-state index is 9.77. The molecule has 3 aliphatic rings. The molecule has 2 unspecified atom stereocenters. The van der Waals surface area contributed by atoms with Gasteiger partial charge >= 0.3 is 0 Å². The predicted molar refractivity (Wildman–Crippen MR) is 78.2 cm³/mol. The molecule has 3 rings (SSSR count). The lowest BCUT2D eigenvalue weighted by molar-refractivity contribution is 0.0717. The summed E-state index contributed by atoms with van der Waals surface area (Å²) in [7, 11) is 0. The van der Waals surface area contributed by atoms with Crippen LogP contribution in [-0.2, 0) is 0 Å². The second kappa shape index (κ2) is 6.11. The van der Waals surface area contributed by atoms with E-state index in [9.17, 15) is 5.11 Å². The van der Waals surface area contributed by atoms with Crippen LogP contribution >= 0.6 is 0 Å². The molecule has 0 aromatic carbocycles. The van der Waals surface area contributed by atoms with E-state index in [2.05, 4.69) is 10.2 Å². The highest BCUT2D eigenvalue weighted by atomic mass is 16.3. The summed E-state index contributed by atoms with van der Waals surface area (Å²) in [5.74, 6) is 0. The SMILES string of the molecule is OCC1(CNC2CCN3CCCC3C2)CCCCC1. The fourth-order valence-electron chi connectivity index (χ4n) is 4.46. The lowest BCUT2D eigenvalue weighted by atomic mass is 9.74. The zero-order chi connectivity index (χ0) is 13.1. The van der Waals surface area contributed by atoms with Gasteiger partial charge in [0.05, 0.1) is 0 Å². The molecule has 3 nitrogen and oxygen atoms in total. The number of rotatable bonds is 4. The quantitative estimate of drug-likeness (QED) is 0.818. The Morgan fingerprint density at radius 1 is 1.05 bits per heavy atom. The fourth-order valence-corrected chi connectivity index (χ4v) is 4.46. The van der Waals surface area contributed by atoms with Crippen molar-refractivity contribution in [2.75, 3.05) is 26.2 Å². The van der Waals surface area contributed by atoms with Crippen LogP contribution in [0.4, 0.5) is 0 Å². The Morgan fingerprint density at radius 3 is 2.68 bits per heavy atom. The van der Waals surface area contributed by atoms with Crippen molar-refractivity contribution in [3.63, 3.8) is 0 Å². The van der Waals surface area contributed by atoms with Crippen LogP contribution in [-0.4, -0.2) is 48.3 Å². The largest absolute Gasteiger partial charge is 0.396 e. The van der Waals surface area contributed by atoms with Gasteiger partial charge in [-0.15, -0.1) is 0 Å². The Kier molecular flexibility index (Phi) is 4.45. The van der Waals surface area contributed by atoms with Crippen LogP contribution < -0.4 is 5.32 Å². The van der Waals surface area contributed by atoms with Crippen molar-refractivity contribution < 1.29 is 5.11 Å². The van der Waals surface area contributed by atoms with Crippen LogP contribution in [0.3, 0.4) is 0 Å². The summed E-state index contributed by atoms with van der Waals surface area (Å²) < 4.78 is 0. The van der Waals surface area contributed by atoms with Crippen LogP contribution in [0, 0.1) is 5.41 Å². The van der Waals surface area contributed by atoms with Crippen molar-refractivity contribution in [3.05, 3.63) is 0 Å². The Labute approximate surface area is 117 Å². The number of aliphatic hydroxyl groups excluding tert-OH is 1. The van der Waals surface area contributed by atoms with E-state index in [0.29, 0.717) is 12.6 Å². The van der Waals surface area contributed by atoms with E-state index in [4.69, 9.17) is 0 Å². The normalized spacial score (nSPS) is 35.2. The van der Waals surface area contributed by atoms with Gasteiger partial charge in [-0.05, 0) is 51.6 Å². The lowest BCUT2D eigenvalue weighted by Crippen LogP contribution is -2.49. The number of aliphatic hydroxyl groups is 1. The van der Waals surface area contributed by atoms with Gasteiger partial charge < -0.3 is 15.3 Å². The van der Waals surface area contributed by atoms with Gasteiger partial charge in [-0.25, -0.2) is 0 Å². The Balaban J connectivity index is 1.48. The minimum atomic E-state index is 0.199. The van der Waals surface area contributed by atoms with Crippen LogP contribution in [0.15, 0.2) is 0 Å². The highest BCUT2D eigenvalue weighted by molar-refractivity contribution is 4.91. The lowest BCUT2D eigenvalue weighted by Gasteiger charge is -2.40. The monoisotopic (exact) mass is 266 g/mol. The molecule has 0 bridgehead atoms. The van der Waals surface area contributed by atoms with Gasteiger partial charge in [-0.2, -0.15) is 0 Å². The molecule has 2 saturated heterocycles. The van der Waals surface area contributed by atoms with E-state index in [0.717, 1.165) is 12.6 Å². The van der Waals surface area contributed by atoms with Crippen molar-refractivity contribution in [1.29, 1.82) is 0 Å². The standard InChI is InChI=1S/C16H30N2O/c19-13-16(7-2-1-3-8-16)12-17-14-6-10-18-9-4-5-15(18)11-14/h14-15,17,19H,1-13H2. The highest BCUT2D eigenvalue weighted by Gasteiger charge is 2.35. The molecule has 2 atom stereocenters. The van der Waals surface area contributed by atoms with Crippen molar-refractivity contribution in [2.24, 2.45) is 5.41 Å². The summed E-state index contributed by atoms with van der Waals surface area (Å²) in [6, 6.07) is 1.55. The summed E-state index contributed by atoms with van der Waals surface area (Å²) >= 11 is 0. The van der Waals surface area contributed by atoms with Gasteiger partial charge in [0.1, 0.15) is 0 Å². The average Bonchev–Trinajstić information content (AvgIpc) is 2.93. The van der Waals surface area contributed by atoms with E-state index in [1.165, 1.54) is 70.9 Å². The third-order valence-electron chi connectivity index (χ3n) is 5.84. The highest BCUT2D eigenvalue weighted by Crippen LogP contribution is 2.36. The van der Waals surface area contributed by atoms with Crippen LogP contribution in [0.5, 0.6) is 0 Å². The van der Waals surface area contributed by atoms with Crippen LogP contribution in [0.1, 0.15) is 57.8 Å². The van der Waals surface area contributed by atoms with Crippen molar-refractivity contribution in [2.45, 2.75) is 69.9 Å². The molecule has 0 aromatic rings. The Morgan fingerprint density at radius 2 is 1.89 bits per heavy atom. The molecule has 0 radical (unpaired) electrons. The molecule has 2 heterocycles. The van der Waals surface area contributed by atoms with Crippen molar-refractivity contribution >= 4 is 0 Å². The molecule has 1 aliphatic carbocycles. The first-order valence-electron chi connectivity index (χ1n) is 8.40. The molecule has 0 spiro atoms. The minimum Gasteiger partial charge on any atom is -0.396 e. The van der Waals surface area contributed by atoms with Gasteiger partial charge in [0.25, 0.3) is 0 Å². The third kappa shape index (κ3) is 3.14. The van der Waals surface area contributed by atoms with E-state index < -0.39 is 0 Å². The average molecular weight is 266 g/mol. The van der Waals surface area contributed by atoms with E-state index in [1.807, 2.05) is 0 Å². The molecular formula is C16H30N2O. The first-order valence-corrected chi connectivity index (χ1v) is 8.40. The van der Waals surface area contributed by atoms with Crippen molar-refractivity contribution in [3.8, 4) is 0 Å². The number of nitrogens with zero attached hydrogens (tertiary/aromatic N) is 1. The molecule has 3 fully saturated rings. The van der Waals surface area contributed by atoms with Crippen molar-refractivity contribution in [1.82, 2.24) is 10.2 Å². The van der Waals surface area contributed by atoms with Gasteiger partial charge in [0.2, 0.25) is 0 Å². The predicted octanol–water partition coefficient (Wildman–Crippen LogP) is 2.15. The summed E-state index contributed by atoms with van der Waals surface area (Å²) in [4.78, 5) is 2.68. The van der Waals surface area contributed by atoms with E-state index in [1.54, 1.807) is 0 Å². The summed E-state index contributed by atoms with van der Waals surface area (Å²) in [5.41, 5.74) is 0.199. The number of fused-ring (bicyclic) bond motifs is 1. The number of hydrogen-bond acceptors (Lipinski definition) is 3. The summed E-state index contributed by atoms with van der Waals surface area (Å²) in [6.07, 6.45) is 11.9. The van der Waals surface area contributed by atoms with E-state index >= 15 is 0 Å². The summed E-state index contributed by atoms with van der Waals surface area (Å²) in [5, 5.41) is 13.6. The molecule has 0 amide bonds. The van der Waals surface area contributed by atoms with Gasteiger partial charge in [0.15, 0.2) is 0 Å². The van der Waals surface area contributed by atoms with Crippen LogP contribution in [0.25, 0.3) is 0 Å². The molecule has 110 valence electrons. The first-order chi connectivity index (χ1) is 9.31. The third-order valence-corrected chi connectivity index (χ3v) is 5.84. The smallest absolute Gasteiger partial charge is 0.0499 e.